The Balaban J connectivity index is 0.000000263. The minimum atomic E-state index is -0.397. The molecule has 2 rings (SSSR count). The van der Waals surface area contributed by atoms with Gasteiger partial charge >= 0.3 is 0 Å². The first-order chi connectivity index (χ1) is 12.3. The lowest BCUT2D eigenvalue weighted by molar-refractivity contribution is -0.385. The van der Waals surface area contributed by atoms with Crippen molar-refractivity contribution >= 4 is 43.2 Å². The number of nitrogens with two attached hydrogens (primary N) is 1. The molecule has 0 aromatic heterocycles. The number of ether oxygens (including phenoxy) is 2. The van der Waals surface area contributed by atoms with Crippen LogP contribution in [0.5, 0.6) is 11.5 Å². The van der Waals surface area contributed by atoms with E-state index in [1.54, 1.807) is 13.2 Å². The number of nitro groups is 1. The Bertz CT molecular complexity index is 782. The molecule has 0 unspecified atom stereocenters. The highest BCUT2D eigenvalue weighted by atomic mass is 79.9. The van der Waals surface area contributed by atoms with Gasteiger partial charge in [0.1, 0.15) is 11.5 Å². The molecule has 2 N–H and O–H groups in total. The van der Waals surface area contributed by atoms with Gasteiger partial charge in [-0.1, -0.05) is 45.7 Å². The summed E-state index contributed by atoms with van der Waals surface area (Å²) in [5, 5.41) is 10.7. The number of halogens is 2. The number of benzene rings is 2. The predicted octanol–water partition coefficient (Wildman–Crippen LogP) is 5.53. The molecule has 0 saturated carbocycles. The number of nitrogen functional groups attached to an aromatic ring is 1. The third-order valence-corrected chi connectivity index (χ3v) is 4.62. The van der Waals surface area contributed by atoms with Gasteiger partial charge in [-0.15, -0.1) is 0 Å². The van der Waals surface area contributed by atoms with Crippen LogP contribution in [0.1, 0.15) is 25.0 Å². The van der Waals surface area contributed by atoms with E-state index in [9.17, 15) is 10.1 Å². The maximum atomic E-state index is 10.7. The fourth-order valence-electron chi connectivity index (χ4n) is 2.49. The molecule has 0 bridgehead atoms. The Labute approximate surface area is 170 Å². The van der Waals surface area contributed by atoms with Gasteiger partial charge in [0.2, 0.25) is 0 Å². The van der Waals surface area contributed by atoms with Crippen molar-refractivity contribution < 1.29 is 14.4 Å². The van der Waals surface area contributed by atoms with Crippen molar-refractivity contribution in [2.24, 2.45) is 0 Å². The smallest absolute Gasteiger partial charge is 0.277 e. The third kappa shape index (κ3) is 5.60. The molecule has 0 atom stereocenters. The van der Waals surface area contributed by atoms with Gasteiger partial charge in [-0.2, -0.15) is 0 Å². The second-order valence-electron chi connectivity index (χ2n) is 5.25. The van der Waals surface area contributed by atoms with Gasteiger partial charge in [0, 0.05) is 26.3 Å². The van der Waals surface area contributed by atoms with Crippen LogP contribution in [-0.4, -0.2) is 19.1 Å². The van der Waals surface area contributed by atoms with Crippen molar-refractivity contribution in [1.29, 1.82) is 0 Å². The number of nitrogens with zero attached hydrogens (tertiary/aromatic N) is 1. The molecule has 26 heavy (non-hydrogen) atoms. The average Bonchev–Trinajstić information content (AvgIpc) is 2.60. The fraction of sp³-hybridized carbons (Fsp3) is 0.333. The lowest BCUT2D eigenvalue weighted by atomic mass is 10.1. The molecule has 0 fully saturated rings. The lowest BCUT2D eigenvalue weighted by Gasteiger charge is -2.09. The minimum Gasteiger partial charge on any atom is -0.496 e. The molecule has 8 heteroatoms. The minimum absolute atomic E-state index is 0.0960. The summed E-state index contributed by atoms with van der Waals surface area (Å²) >= 11 is 6.56. The summed E-state index contributed by atoms with van der Waals surface area (Å²) in [6.07, 6.45) is 1.47. The number of methoxy groups -OCH3 is 2. The molecule has 0 heterocycles. The number of anilines is 1. The first-order valence-corrected chi connectivity index (χ1v) is 9.50. The summed E-state index contributed by atoms with van der Waals surface area (Å²) < 4.78 is 11.9. The quantitative estimate of drug-likeness (QED) is 0.339. The number of hydrogen-bond acceptors (Lipinski definition) is 5. The number of nitro benzene ring substituents is 1. The van der Waals surface area contributed by atoms with Crippen LogP contribution < -0.4 is 15.2 Å². The summed E-state index contributed by atoms with van der Waals surface area (Å²) in [4.78, 5) is 10.3. The van der Waals surface area contributed by atoms with Gasteiger partial charge in [-0.05, 0) is 31.0 Å². The molecule has 2 aromatic rings. The van der Waals surface area contributed by atoms with Gasteiger partial charge in [-0.3, -0.25) is 10.1 Å². The SMILES string of the molecule is CCc1c(N)cc(Br)cc1OC.CCc1c(OC)cc(Br)cc1[N+](=O)[O-]. The highest BCUT2D eigenvalue weighted by Gasteiger charge is 2.18. The van der Waals surface area contributed by atoms with Crippen LogP contribution in [0.25, 0.3) is 0 Å². The second-order valence-corrected chi connectivity index (χ2v) is 7.08. The molecule has 0 aliphatic carbocycles. The molecule has 0 spiro atoms. The van der Waals surface area contributed by atoms with Gasteiger partial charge in [-0.25, -0.2) is 0 Å². The zero-order valence-electron chi connectivity index (χ0n) is 15.1. The molecular weight excluding hydrogens is 468 g/mol. The monoisotopic (exact) mass is 488 g/mol. The molecule has 0 aliphatic heterocycles. The van der Waals surface area contributed by atoms with Crippen LogP contribution in [0.3, 0.4) is 0 Å². The van der Waals surface area contributed by atoms with Crippen LogP contribution >= 0.6 is 31.9 Å². The van der Waals surface area contributed by atoms with E-state index in [1.165, 1.54) is 13.2 Å². The lowest BCUT2D eigenvalue weighted by Crippen LogP contribution is -1.98. The summed E-state index contributed by atoms with van der Waals surface area (Å²) in [7, 11) is 3.16. The van der Waals surface area contributed by atoms with Gasteiger partial charge in [0.05, 0.1) is 24.7 Å². The number of rotatable bonds is 5. The average molecular weight is 490 g/mol. The van der Waals surface area contributed by atoms with Crippen molar-refractivity contribution in [2.45, 2.75) is 26.7 Å². The number of hydrogen-bond donors (Lipinski definition) is 1. The Morgan fingerprint density at radius 1 is 0.962 bits per heavy atom. The molecule has 142 valence electrons. The predicted molar refractivity (Wildman–Crippen MR) is 111 cm³/mol. The molecule has 0 saturated heterocycles. The van der Waals surface area contributed by atoms with E-state index < -0.39 is 4.92 Å². The summed E-state index contributed by atoms with van der Waals surface area (Å²) in [6, 6.07) is 7.03. The summed E-state index contributed by atoms with van der Waals surface area (Å²) in [5.41, 5.74) is 8.37. The summed E-state index contributed by atoms with van der Waals surface area (Å²) in [5.74, 6) is 1.40. The van der Waals surface area contributed by atoms with E-state index >= 15 is 0 Å². The molecule has 0 radical (unpaired) electrons. The topological polar surface area (TPSA) is 87.6 Å². The van der Waals surface area contributed by atoms with Crippen LogP contribution in [0.15, 0.2) is 33.2 Å². The molecular formula is C18H22Br2N2O4. The van der Waals surface area contributed by atoms with Crippen molar-refractivity contribution in [3.05, 3.63) is 54.5 Å². The van der Waals surface area contributed by atoms with E-state index in [0.29, 0.717) is 22.2 Å². The zero-order valence-corrected chi connectivity index (χ0v) is 18.3. The summed E-state index contributed by atoms with van der Waals surface area (Å²) in [6.45, 7) is 3.92. The molecule has 0 amide bonds. The van der Waals surface area contributed by atoms with Gasteiger partial charge in [0.25, 0.3) is 5.69 Å². The van der Waals surface area contributed by atoms with Gasteiger partial charge in [0.15, 0.2) is 0 Å². The van der Waals surface area contributed by atoms with Crippen LogP contribution in [0, 0.1) is 10.1 Å². The van der Waals surface area contributed by atoms with Crippen LogP contribution in [0.4, 0.5) is 11.4 Å². The second kappa shape index (κ2) is 10.4. The maximum Gasteiger partial charge on any atom is 0.277 e. The largest absolute Gasteiger partial charge is 0.496 e. The van der Waals surface area contributed by atoms with E-state index in [4.69, 9.17) is 15.2 Å². The van der Waals surface area contributed by atoms with Crippen molar-refractivity contribution in [1.82, 2.24) is 0 Å². The van der Waals surface area contributed by atoms with Crippen molar-refractivity contribution in [3.63, 3.8) is 0 Å². The van der Waals surface area contributed by atoms with E-state index in [0.717, 1.165) is 27.9 Å². The normalized spacial score (nSPS) is 9.92. The van der Waals surface area contributed by atoms with E-state index in [1.807, 2.05) is 19.1 Å². The van der Waals surface area contributed by atoms with E-state index in [2.05, 4.69) is 38.8 Å². The van der Waals surface area contributed by atoms with E-state index in [-0.39, 0.29) is 5.69 Å². The van der Waals surface area contributed by atoms with Crippen LogP contribution in [-0.2, 0) is 12.8 Å². The van der Waals surface area contributed by atoms with Gasteiger partial charge < -0.3 is 15.2 Å². The Morgan fingerprint density at radius 2 is 1.42 bits per heavy atom. The highest BCUT2D eigenvalue weighted by molar-refractivity contribution is 9.10. The highest BCUT2D eigenvalue weighted by Crippen LogP contribution is 2.33. The molecule has 2 aromatic carbocycles. The fourth-order valence-corrected chi connectivity index (χ4v) is 3.37. The Kier molecular flexibility index (Phi) is 8.87. The van der Waals surface area contributed by atoms with Crippen molar-refractivity contribution in [3.8, 4) is 11.5 Å². The Hall–Kier alpha value is -1.80. The maximum absolute atomic E-state index is 10.7. The van der Waals surface area contributed by atoms with Crippen LogP contribution in [0.2, 0.25) is 0 Å². The zero-order chi connectivity index (χ0) is 19.9. The third-order valence-electron chi connectivity index (χ3n) is 3.70. The Morgan fingerprint density at radius 3 is 1.85 bits per heavy atom. The first kappa shape index (κ1) is 22.2. The standard InChI is InChI=1S/C9H10BrNO3.C9H12BrNO/c1-3-7-8(11(12)13)4-6(10)5-9(7)14-2;1-3-7-8(11)4-6(10)5-9(7)12-2/h4-5H,3H2,1-2H3;4-5H,3,11H2,1-2H3. The first-order valence-electron chi connectivity index (χ1n) is 7.91. The molecule has 6 nitrogen and oxygen atoms in total. The molecule has 0 aliphatic rings. The van der Waals surface area contributed by atoms with Crippen molar-refractivity contribution in [2.75, 3.05) is 20.0 Å².